The molecule has 1 fully saturated rings. The lowest BCUT2D eigenvalue weighted by Crippen LogP contribution is -2.45. The van der Waals surface area contributed by atoms with Crippen LogP contribution < -0.4 is 10.2 Å². The summed E-state index contributed by atoms with van der Waals surface area (Å²) in [5.74, 6) is 0.927. The van der Waals surface area contributed by atoms with Gasteiger partial charge in [0.15, 0.2) is 0 Å². The van der Waals surface area contributed by atoms with Crippen molar-refractivity contribution < 1.29 is 9.47 Å². The average molecular weight is 272 g/mol. The molecule has 0 bridgehead atoms. The van der Waals surface area contributed by atoms with Crippen molar-refractivity contribution in [3.63, 3.8) is 0 Å². The van der Waals surface area contributed by atoms with Gasteiger partial charge in [-0.25, -0.2) is 5.01 Å². The number of hydrogen-bond acceptors (Lipinski definition) is 4. The zero-order chi connectivity index (χ0) is 13.8. The van der Waals surface area contributed by atoms with Crippen molar-refractivity contribution in [3.05, 3.63) is 42.0 Å². The number of hydrazine groups is 1. The molecule has 0 unspecified atom stereocenters. The molecule has 1 aliphatic heterocycles. The smallest absolute Gasteiger partial charge is 0.126 e. The Labute approximate surface area is 119 Å². The molecule has 1 aliphatic rings. The first kappa shape index (κ1) is 13.4. The van der Waals surface area contributed by atoms with Gasteiger partial charge in [-0.05, 0) is 17.0 Å². The first-order valence-electron chi connectivity index (χ1n) is 6.99. The number of methoxy groups -OCH3 is 1. The van der Waals surface area contributed by atoms with E-state index in [-0.39, 0.29) is 0 Å². The van der Waals surface area contributed by atoms with Crippen molar-refractivity contribution in [1.82, 2.24) is 10.4 Å². The molecule has 0 amide bonds. The van der Waals surface area contributed by atoms with Crippen LogP contribution in [0.5, 0.6) is 5.75 Å². The van der Waals surface area contributed by atoms with Crippen molar-refractivity contribution in [1.29, 1.82) is 0 Å². The number of morpholine rings is 1. The number of benzene rings is 2. The highest BCUT2D eigenvalue weighted by atomic mass is 16.5. The molecule has 20 heavy (non-hydrogen) atoms. The quantitative estimate of drug-likeness (QED) is 0.925. The molecular weight excluding hydrogens is 252 g/mol. The van der Waals surface area contributed by atoms with Crippen molar-refractivity contribution in [2.75, 3.05) is 33.4 Å². The van der Waals surface area contributed by atoms with E-state index in [2.05, 4.69) is 34.7 Å². The second-order valence-electron chi connectivity index (χ2n) is 4.91. The molecule has 0 atom stereocenters. The van der Waals surface area contributed by atoms with E-state index in [1.807, 2.05) is 12.1 Å². The molecule has 3 rings (SSSR count). The fourth-order valence-corrected chi connectivity index (χ4v) is 2.58. The lowest BCUT2D eigenvalue weighted by Gasteiger charge is -2.27. The van der Waals surface area contributed by atoms with Crippen molar-refractivity contribution >= 4 is 10.8 Å². The van der Waals surface area contributed by atoms with Crippen molar-refractivity contribution in [3.8, 4) is 5.75 Å². The van der Waals surface area contributed by atoms with Crippen LogP contribution in [0.15, 0.2) is 36.4 Å². The third-order valence-electron chi connectivity index (χ3n) is 3.70. The summed E-state index contributed by atoms with van der Waals surface area (Å²) in [7, 11) is 1.72. The SMILES string of the molecule is COc1ccc(CNN2CCOCC2)c2ccccc12. The molecule has 0 aliphatic carbocycles. The summed E-state index contributed by atoms with van der Waals surface area (Å²) in [6.07, 6.45) is 0. The van der Waals surface area contributed by atoms with Gasteiger partial charge in [-0.2, -0.15) is 0 Å². The lowest BCUT2D eigenvalue weighted by molar-refractivity contribution is 0.0106. The first-order valence-corrected chi connectivity index (χ1v) is 6.99. The van der Waals surface area contributed by atoms with E-state index in [4.69, 9.17) is 9.47 Å². The summed E-state index contributed by atoms with van der Waals surface area (Å²) < 4.78 is 10.8. The summed E-state index contributed by atoms with van der Waals surface area (Å²) in [5, 5.41) is 4.63. The molecule has 4 heteroatoms. The zero-order valence-corrected chi connectivity index (χ0v) is 11.8. The Hall–Kier alpha value is -1.62. The lowest BCUT2D eigenvalue weighted by atomic mass is 10.0. The highest BCUT2D eigenvalue weighted by Crippen LogP contribution is 2.28. The van der Waals surface area contributed by atoms with Crippen LogP contribution >= 0.6 is 0 Å². The van der Waals surface area contributed by atoms with Crippen molar-refractivity contribution in [2.45, 2.75) is 6.54 Å². The summed E-state index contributed by atoms with van der Waals surface area (Å²) in [6.45, 7) is 4.30. The van der Waals surface area contributed by atoms with Gasteiger partial charge in [0, 0.05) is 25.0 Å². The molecule has 1 N–H and O–H groups in total. The van der Waals surface area contributed by atoms with Crippen molar-refractivity contribution in [2.24, 2.45) is 0 Å². The minimum absolute atomic E-state index is 0.802. The highest BCUT2D eigenvalue weighted by Gasteiger charge is 2.11. The Morgan fingerprint density at radius 1 is 1.10 bits per heavy atom. The number of hydrogen-bond donors (Lipinski definition) is 1. The van der Waals surface area contributed by atoms with Gasteiger partial charge in [0.1, 0.15) is 5.75 Å². The first-order chi connectivity index (χ1) is 9.88. The van der Waals surface area contributed by atoms with Crippen LogP contribution in [0, 0.1) is 0 Å². The maximum absolute atomic E-state index is 5.43. The number of rotatable bonds is 4. The van der Waals surface area contributed by atoms with Crippen LogP contribution in [0.25, 0.3) is 10.8 Å². The Kier molecular flexibility index (Phi) is 4.16. The van der Waals surface area contributed by atoms with E-state index in [0.717, 1.165) is 44.0 Å². The Morgan fingerprint density at radius 2 is 1.85 bits per heavy atom. The van der Waals surface area contributed by atoms with Gasteiger partial charge >= 0.3 is 0 Å². The van der Waals surface area contributed by atoms with Gasteiger partial charge in [-0.3, -0.25) is 5.43 Å². The van der Waals surface area contributed by atoms with Crippen LogP contribution in [-0.2, 0) is 11.3 Å². The Morgan fingerprint density at radius 3 is 2.60 bits per heavy atom. The fraction of sp³-hybridized carbons (Fsp3) is 0.375. The maximum atomic E-state index is 5.43. The average Bonchev–Trinajstić information content (AvgIpc) is 2.53. The van der Waals surface area contributed by atoms with Gasteiger partial charge in [0.2, 0.25) is 0 Å². The van der Waals surface area contributed by atoms with Crippen LogP contribution in [-0.4, -0.2) is 38.4 Å². The number of fused-ring (bicyclic) bond motifs is 1. The second-order valence-corrected chi connectivity index (χ2v) is 4.91. The van der Waals surface area contributed by atoms with E-state index in [9.17, 15) is 0 Å². The number of nitrogens with zero attached hydrogens (tertiary/aromatic N) is 1. The fourth-order valence-electron chi connectivity index (χ4n) is 2.58. The van der Waals surface area contributed by atoms with Gasteiger partial charge in [0.25, 0.3) is 0 Å². The van der Waals surface area contributed by atoms with E-state index in [0.29, 0.717) is 0 Å². The van der Waals surface area contributed by atoms with E-state index < -0.39 is 0 Å². The summed E-state index contributed by atoms with van der Waals surface area (Å²) in [6, 6.07) is 12.5. The molecular formula is C16H20N2O2. The van der Waals surface area contributed by atoms with Gasteiger partial charge in [0.05, 0.1) is 20.3 Å². The molecule has 0 radical (unpaired) electrons. The zero-order valence-electron chi connectivity index (χ0n) is 11.8. The van der Waals surface area contributed by atoms with E-state index in [1.165, 1.54) is 10.9 Å². The third-order valence-corrected chi connectivity index (χ3v) is 3.70. The van der Waals surface area contributed by atoms with E-state index >= 15 is 0 Å². The van der Waals surface area contributed by atoms with Crippen LogP contribution in [0.4, 0.5) is 0 Å². The van der Waals surface area contributed by atoms with Gasteiger partial charge < -0.3 is 9.47 Å². The normalized spacial score (nSPS) is 16.4. The minimum atomic E-state index is 0.802. The molecule has 0 saturated carbocycles. The number of nitrogens with one attached hydrogen (secondary N) is 1. The van der Waals surface area contributed by atoms with Crippen LogP contribution in [0.2, 0.25) is 0 Å². The molecule has 0 aromatic heterocycles. The molecule has 106 valence electrons. The van der Waals surface area contributed by atoms with E-state index in [1.54, 1.807) is 7.11 Å². The molecule has 4 nitrogen and oxygen atoms in total. The molecule has 1 saturated heterocycles. The minimum Gasteiger partial charge on any atom is -0.496 e. The molecule has 1 heterocycles. The van der Waals surface area contributed by atoms with Gasteiger partial charge in [-0.1, -0.05) is 30.3 Å². The molecule has 2 aromatic carbocycles. The van der Waals surface area contributed by atoms with Gasteiger partial charge in [-0.15, -0.1) is 0 Å². The summed E-state index contributed by atoms with van der Waals surface area (Å²) in [5.41, 5.74) is 4.77. The second kappa shape index (κ2) is 6.22. The predicted octanol–water partition coefficient (Wildman–Crippen LogP) is 2.19. The molecule has 2 aromatic rings. The topological polar surface area (TPSA) is 33.7 Å². The summed E-state index contributed by atoms with van der Waals surface area (Å²) in [4.78, 5) is 0. The Balaban J connectivity index is 1.80. The van der Waals surface area contributed by atoms with Crippen LogP contribution in [0.1, 0.15) is 5.56 Å². The predicted molar refractivity (Wildman–Crippen MR) is 79.7 cm³/mol. The standard InChI is InChI=1S/C16H20N2O2/c1-19-16-7-6-13(14-4-2-3-5-15(14)16)12-17-18-8-10-20-11-9-18/h2-7,17H,8-12H2,1H3. The van der Waals surface area contributed by atoms with Crippen LogP contribution in [0.3, 0.4) is 0 Å². The maximum Gasteiger partial charge on any atom is 0.126 e. The summed E-state index contributed by atoms with van der Waals surface area (Å²) >= 11 is 0. The monoisotopic (exact) mass is 272 g/mol. The largest absolute Gasteiger partial charge is 0.496 e. The third kappa shape index (κ3) is 2.77. The molecule has 0 spiro atoms. The Bertz CT molecular complexity index is 580. The number of ether oxygens (including phenoxy) is 2. The highest BCUT2D eigenvalue weighted by molar-refractivity contribution is 5.91.